The summed E-state index contributed by atoms with van der Waals surface area (Å²) in [4.78, 5) is 14.9. The van der Waals surface area contributed by atoms with Crippen LogP contribution in [0.15, 0.2) is 48.5 Å². The van der Waals surface area contributed by atoms with Crippen LogP contribution >= 0.6 is 11.6 Å². The van der Waals surface area contributed by atoms with Gasteiger partial charge < -0.3 is 15.8 Å². The molecular weight excluding hydrogens is 470 g/mol. The molecule has 0 aromatic heterocycles. The van der Waals surface area contributed by atoms with E-state index in [0.717, 1.165) is 55.1 Å². The van der Waals surface area contributed by atoms with Crippen LogP contribution in [0.3, 0.4) is 0 Å². The van der Waals surface area contributed by atoms with Crippen LogP contribution in [0.5, 0.6) is 5.75 Å². The van der Waals surface area contributed by atoms with Crippen LogP contribution in [-0.2, 0) is 17.8 Å². The maximum absolute atomic E-state index is 12.5. The number of rotatable bonds is 16. The average Bonchev–Trinajstić information content (AvgIpc) is 3.32. The lowest BCUT2D eigenvalue weighted by Crippen LogP contribution is -2.47. The van der Waals surface area contributed by atoms with E-state index in [0.29, 0.717) is 0 Å². The predicted octanol–water partition coefficient (Wildman–Crippen LogP) is 6.12. The number of amides is 1. The van der Waals surface area contributed by atoms with Gasteiger partial charge in [0.1, 0.15) is 5.75 Å². The Morgan fingerprint density at radius 1 is 1.08 bits per heavy atom. The van der Waals surface area contributed by atoms with Crippen LogP contribution in [0.4, 0.5) is 0 Å². The summed E-state index contributed by atoms with van der Waals surface area (Å²) in [7, 11) is 1.68. The number of carbonyl (C=O) groups excluding carboxylic acids is 1. The van der Waals surface area contributed by atoms with Crippen LogP contribution in [-0.4, -0.2) is 42.6 Å². The van der Waals surface area contributed by atoms with Crippen LogP contribution in [0.25, 0.3) is 0 Å². The van der Waals surface area contributed by atoms with Gasteiger partial charge in [0.05, 0.1) is 13.2 Å². The first-order valence-electron chi connectivity index (χ1n) is 13.7. The molecule has 6 heteroatoms. The second-order valence-corrected chi connectivity index (χ2v) is 10.5. The van der Waals surface area contributed by atoms with E-state index in [1.165, 1.54) is 44.1 Å². The second-order valence-electron chi connectivity index (χ2n) is 10.1. The zero-order valence-electron chi connectivity index (χ0n) is 22.1. The Bertz CT molecular complexity index is 921. The minimum absolute atomic E-state index is 0.215. The largest absolute Gasteiger partial charge is 0.497 e. The highest BCUT2D eigenvalue weighted by atomic mass is 35.5. The molecule has 1 aliphatic heterocycles. The number of ether oxygens (including phenoxy) is 1. The average molecular weight is 514 g/mol. The zero-order chi connectivity index (χ0) is 25.8. The first-order chi connectivity index (χ1) is 17.5. The molecule has 1 fully saturated rings. The van der Waals surface area contributed by atoms with Gasteiger partial charge >= 0.3 is 0 Å². The van der Waals surface area contributed by atoms with Gasteiger partial charge in [-0.05, 0) is 48.6 Å². The van der Waals surface area contributed by atoms with E-state index in [9.17, 15) is 4.79 Å². The number of nitrogens with zero attached hydrogens (tertiary/aromatic N) is 1. The highest BCUT2D eigenvalue weighted by Gasteiger charge is 2.39. The Morgan fingerprint density at radius 3 is 2.44 bits per heavy atom. The van der Waals surface area contributed by atoms with Gasteiger partial charge in [0.25, 0.3) is 0 Å². The summed E-state index contributed by atoms with van der Waals surface area (Å²) in [5, 5.41) is 4.46. The molecule has 1 heterocycles. The molecule has 0 aliphatic carbocycles. The fourth-order valence-corrected chi connectivity index (χ4v) is 5.55. The number of nitrogens with one attached hydrogen (secondary N) is 1. The minimum atomic E-state index is -0.254. The smallest absolute Gasteiger partial charge is 0.234 e. The molecule has 3 atom stereocenters. The van der Waals surface area contributed by atoms with E-state index in [2.05, 4.69) is 35.3 Å². The molecule has 2 aromatic carbocycles. The second kappa shape index (κ2) is 15.2. The Morgan fingerprint density at radius 2 is 1.78 bits per heavy atom. The molecule has 36 heavy (non-hydrogen) atoms. The third-order valence-electron chi connectivity index (χ3n) is 7.44. The Labute approximate surface area is 222 Å². The van der Waals surface area contributed by atoms with Crippen molar-refractivity contribution in [3.05, 3.63) is 64.7 Å². The molecule has 3 N–H and O–H groups in total. The standard InChI is InChI=1S/C30H44ClN3O2/c1-3-4-5-6-7-8-9-13-26(19-24-12-10-11-14-28(24)31)34-22-25(20-29(34)30(32)35)33-21-23-15-17-27(36-2)18-16-23/h10-12,14-18,25-26,29,33H,3-9,13,19-22H2,1-2H3,(H2,32,35)/t25-,26?,29-/m0/s1. The van der Waals surface area contributed by atoms with Crippen molar-refractivity contribution >= 4 is 17.5 Å². The molecule has 1 unspecified atom stereocenters. The molecule has 5 nitrogen and oxygen atoms in total. The van der Waals surface area contributed by atoms with Gasteiger partial charge in [-0.25, -0.2) is 0 Å². The van der Waals surface area contributed by atoms with Gasteiger partial charge in [0, 0.05) is 30.2 Å². The van der Waals surface area contributed by atoms with Crippen LogP contribution in [0.1, 0.15) is 75.8 Å². The molecule has 1 amide bonds. The molecule has 0 saturated carbocycles. The number of methoxy groups -OCH3 is 1. The number of benzene rings is 2. The van der Waals surface area contributed by atoms with Crippen molar-refractivity contribution in [2.75, 3.05) is 13.7 Å². The normalized spacial score (nSPS) is 18.9. The lowest BCUT2D eigenvalue weighted by atomic mass is 9.97. The Hall–Kier alpha value is -2.08. The summed E-state index contributed by atoms with van der Waals surface area (Å²) in [5.74, 6) is 0.625. The Balaban J connectivity index is 1.64. The lowest BCUT2D eigenvalue weighted by molar-refractivity contribution is -0.123. The highest BCUT2D eigenvalue weighted by molar-refractivity contribution is 6.31. The van der Waals surface area contributed by atoms with E-state index in [4.69, 9.17) is 22.1 Å². The fraction of sp³-hybridized carbons (Fsp3) is 0.567. The zero-order valence-corrected chi connectivity index (χ0v) is 22.8. The number of nitrogens with two attached hydrogens (primary N) is 1. The minimum Gasteiger partial charge on any atom is -0.497 e. The van der Waals surface area contributed by atoms with E-state index in [1.54, 1.807) is 7.11 Å². The summed E-state index contributed by atoms with van der Waals surface area (Å²) in [6, 6.07) is 16.4. The molecule has 0 spiro atoms. The highest BCUT2D eigenvalue weighted by Crippen LogP contribution is 2.28. The SMILES string of the molecule is CCCCCCCCCC(Cc1ccccc1Cl)N1C[C@@H](NCc2ccc(OC)cc2)C[C@H]1C(N)=O. The summed E-state index contributed by atoms with van der Waals surface area (Å²) < 4.78 is 5.26. The van der Waals surface area contributed by atoms with Gasteiger partial charge in [0.15, 0.2) is 0 Å². The molecule has 0 radical (unpaired) electrons. The van der Waals surface area contributed by atoms with Gasteiger partial charge in [-0.2, -0.15) is 0 Å². The predicted molar refractivity (Wildman–Crippen MR) is 149 cm³/mol. The summed E-state index contributed by atoms with van der Waals surface area (Å²) >= 11 is 6.54. The van der Waals surface area contributed by atoms with E-state index < -0.39 is 0 Å². The number of primary amides is 1. The Kier molecular flexibility index (Phi) is 12.1. The molecule has 1 aliphatic rings. The van der Waals surface area contributed by atoms with Crippen molar-refractivity contribution in [2.24, 2.45) is 5.73 Å². The van der Waals surface area contributed by atoms with Crippen LogP contribution in [0.2, 0.25) is 5.02 Å². The van der Waals surface area contributed by atoms with Crippen molar-refractivity contribution < 1.29 is 9.53 Å². The fourth-order valence-electron chi connectivity index (χ4n) is 5.34. The number of unbranched alkanes of at least 4 members (excludes halogenated alkanes) is 6. The number of hydrogen-bond donors (Lipinski definition) is 2. The summed E-state index contributed by atoms with van der Waals surface area (Å²) in [5.41, 5.74) is 8.26. The van der Waals surface area contributed by atoms with Gasteiger partial charge in [-0.1, -0.05) is 93.8 Å². The van der Waals surface area contributed by atoms with Crippen molar-refractivity contribution in [3.63, 3.8) is 0 Å². The summed E-state index contributed by atoms with van der Waals surface area (Å²) in [6.07, 6.45) is 11.5. The van der Waals surface area contributed by atoms with E-state index in [1.807, 2.05) is 30.3 Å². The van der Waals surface area contributed by atoms with Crippen molar-refractivity contribution in [3.8, 4) is 5.75 Å². The van der Waals surface area contributed by atoms with Crippen LogP contribution < -0.4 is 15.8 Å². The van der Waals surface area contributed by atoms with Gasteiger partial charge in [-0.15, -0.1) is 0 Å². The van der Waals surface area contributed by atoms with Crippen LogP contribution in [0, 0.1) is 0 Å². The van der Waals surface area contributed by atoms with Gasteiger partial charge in [0.2, 0.25) is 5.91 Å². The number of likely N-dealkylation sites (tertiary alicyclic amines) is 1. The van der Waals surface area contributed by atoms with Crippen molar-refractivity contribution in [1.82, 2.24) is 10.2 Å². The molecule has 2 aromatic rings. The van der Waals surface area contributed by atoms with Crippen molar-refractivity contribution in [2.45, 2.75) is 95.8 Å². The quantitative estimate of drug-likeness (QED) is 0.265. The third kappa shape index (κ3) is 8.79. The maximum atomic E-state index is 12.5. The molecular formula is C30H44ClN3O2. The molecule has 0 bridgehead atoms. The monoisotopic (exact) mass is 513 g/mol. The molecule has 198 valence electrons. The summed E-state index contributed by atoms with van der Waals surface area (Å²) in [6.45, 7) is 3.82. The number of halogens is 1. The lowest BCUT2D eigenvalue weighted by Gasteiger charge is -2.32. The topological polar surface area (TPSA) is 67.6 Å². The maximum Gasteiger partial charge on any atom is 0.234 e. The van der Waals surface area contributed by atoms with E-state index >= 15 is 0 Å². The van der Waals surface area contributed by atoms with Crippen molar-refractivity contribution in [1.29, 1.82) is 0 Å². The first-order valence-corrected chi connectivity index (χ1v) is 14.0. The number of hydrogen-bond acceptors (Lipinski definition) is 4. The third-order valence-corrected chi connectivity index (χ3v) is 7.81. The molecule has 3 rings (SSSR count). The van der Waals surface area contributed by atoms with Gasteiger partial charge in [-0.3, -0.25) is 9.69 Å². The number of carbonyl (C=O) groups is 1. The first kappa shape index (κ1) is 28.5. The molecule has 1 saturated heterocycles. The van der Waals surface area contributed by atoms with E-state index in [-0.39, 0.29) is 24.0 Å².